The number of hydrogen-bond donors (Lipinski definition) is 4. The first-order valence-electron chi connectivity index (χ1n) is 9.76. The predicted octanol–water partition coefficient (Wildman–Crippen LogP) is 1.70. The summed E-state index contributed by atoms with van der Waals surface area (Å²) in [5.41, 5.74) is 0.501. The second-order valence-electron chi connectivity index (χ2n) is 7.00. The number of aliphatic hydroxyl groups is 1. The van der Waals surface area contributed by atoms with E-state index in [2.05, 4.69) is 16.0 Å². The Kier molecular flexibility index (Phi) is 8.32. The molecule has 0 fully saturated rings. The van der Waals surface area contributed by atoms with Gasteiger partial charge in [0.15, 0.2) is 12.7 Å². The van der Waals surface area contributed by atoms with Gasteiger partial charge in [-0.2, -0.15) is 0 Å². The number of rotatable bonds is 8. The Balaban J connectivity index is 1.34. The van der Waals surface area contributed by atoms with Crippen LogP contribution in [0.5, 0.6) is 11.5 Å². The highest BCUT2D eigenvalue weighted by Crippen LogP contribution is 2.36. The third-order valence-corrected chi connectivity index (χ3v) is 5.13. The van der Waals surface area contributed by atoms with E-state index < -0.39 is 42.4 Å². The van der Waals surface area contributed by atoms with Crippen LogP contribution in [0.15, 0.2) is 36.4 Å². The van der Waals surface area contributed by atoms with E-state index in [0.717, 1.165) is 6.07 Å². The van der Waals surface area contributed by atoms with E-state index in [-0.39, 0.29) is 30.4 Å². The second kappa shape index (κ2) is 11.2. The Hall–Kier alpha value is -3.08. The van der Waals surface area contributed by atoms with Gasteiger partial charge in [0, 0.05) is 23.1 Å². The smallest absolute Gasteiger partial charge is 0.262 e. The molecular weight excluding hydrogens is 480 g/mol. The number of halogens is 3. The van der Waals surface area contributed by atoms with Crippen LogP contribution in [-0.4, -0.2) is 48.8 Å². The maximum absolute atomic E-state index is 13.3. The number of carbonyl (C=O) groups is 3. The van der Waals surface area contributed by atoms with Crippen LogP contribution in [0.1, 0.15) is 18.1 Å². The molecule has 0 aliphatic carbocycles. The van der Waals surface area contributed by atoms with Gasteiger partial charge in [-0.25, -0.2) is 4.39 Å². The zero-order valence-electron chi connectivity index (χ0n) is 17.1. The topological polar surface area (TPSA) is 126 Å². The lowest BCUT2D eigenvalue weighted by molar-refractivity contribution is -0.131. The van der Waals surface area contributed by atoms with Crippen LogP contribution in [0.25, 0.3) is 0 Å². The molecule has 3 rings (SSSR count). The largest absolute Gasteiger partial charge is 0.484 e. The van der Waals surface area contributed by atoms with Crippen molar-refractivity contribution in [3.05, 3.63) is 57.8 Å². The van der Waals surface area contributed by atoms with Gasteiger partial charge in [-0.15, -0.1) is 0 Å². The van der Waals surface area contributed by atoms with Gasteiger partial charge < -0.3 is 30.5 Å². The Morgan fingerprint density at radius 3 is 2.64 bits per heavy atom. The van der Waals surface area contributed by atoms with Crippen molar-refractivity contribution < 1.29 is 33.4 Å². The minimum Gasteiger partial charge on any atom is -0.484 e. The summed E-state index contributed by atoms with van der Waals surface area (Å²) in [6, 6.07) is 8.45. The summed E-state index contributed by atoms with van der Waals surface area (Å²) in [5.74, 6) is -1.91. The van der Waals surface area contributed by atoms with Gasteiger partial charge in [-0.3, -0.25) is 14.4 Å². The Morgan fingerprint density at radius 1 is 1.09 bits per heavy atom. The zero-order chi connectivity index (χ0) is 24.0. The molecule has 0 saturated carbocycles. The summed E-state index contributed by atoms with van der Waals surface area (Å²) in [7, 11) is 0. The molecule has 0 saturated heterocycles. The molecule has 0 aromatic heterocycles. The van der Waals surface area contributed by atoms with Gasteiger partial charge in [0.1, 0.15) is 17.3 Å². The zero-order valence-corrected chi connectivity index (χ0v) is 18.6. The number of aliphatic hydroxyl groups excluding tert-OH is 1. The minimum absolute atomic E-state index is 0.0285. The van der Waals surface area contributed by atoms with Crippen LogP contribution in [-0.2, 0) is 14.4 Å². The summed E-state index contributed by atoms with van der Waals surface area (Å²) in [5, 5.41) is 17.8. The molecule has 4 N–H and O–H groups in total. The lowest BCUT2D eigenvalue weighted by Gasteiger charge is -2.28. The van der Waals surface area contributed by atoms with Crippen LogP contribution >= 0.6 is 23.2 Å². The first-order chi connectivity index (χ1) is 15.7. The molecule has 2 aromatic rings. The minimum atomic E-state index is -0.944. The molecule has 0 radical (unpaired) electrons. The van der Waals surface area contributed by atoms with Crippen LogP contribution in [0.3, 0.4) is 0 Å². The molecule has 2 aromatic carbocycles. The van der Waals surface area contributed by atoms with Crippen molar-refractivity contribution in [1.29, 1.82) is 0 Å². The van der Waals surface area contributed by atoms with Gasteiger partial charge in [0.25, 0.3) is 11.8 Å². The summed E-state index contributed by atoms with van der Waals surface area (Å²) in [6.07, 6.45) is -1.83. The number of hydrogen-bond acceptors (Lipinski definition) is 6. The Morgan fingerprint density at radius 2 is 1.88 bits per heavy atom. The first-order valence-corrected chi connectivity index (χ1v) is 10.5. The molecule has 0 bridgehead atoms. The predicted molar refractivity (Wildman–Crippen MR) is 117 cm³/mol. The summed E-state index contributed by atoms with van der Waals surface area (Å²) in [6.45, 7) is -1.00. The van der Waals surface area contributed by atoms with Gasteiger partial charge in [0.05, 0.1) is 24.3 Å². The quantitative estimate of drug-likeness (QED) is 0.409. The average molecular weight is 500 g/mol. The average Bonchev–Trinajstić information content (AvgIpc) is 2.78. The summed E-state index contributed by atoms with van der Waals surface area (Å²) in [4.78, 5) is 35.9. The first kappa shape index (κ1) is 24.6. The van der Waals surface area contributed by atoms with E-state index in [9.17, 15) is 23.9 Å². The van der Waals surface area contributed by atoms with E-state index in [0.29, 0.717) is 16.3 Å². The maximum atomic E-state index is 13.3. The number of amides is 3. The van der Waals surface area contributed by atoms with Crippen LogP contribution in [0.2, 0.25) is 10.0 Å². The second-order valence-corrected chi connectivity index (χ2v) is 7.84. The van der Waals surface area contributed by atoms with E-state index in [1.165, 1.54) is 12.1 Å². The molecule has 9 nitrogen and oxygen atoms in total. The third kappa shape index (κ3) is 6.95. The molecule has 3 amide bonds. The Labute approximate surface area is 198 Å². The van der Waals surface area contributed by atoms with Crippen LogP contribution in [0, 0.1) is 5.82 Å². The van der Waals surface area contributed by atoms with Gasteiger partial charge in [-0.05, 0) is 30.3 Å². The van der Waals surface area contributed by atoms with E-state index in [4.69, 9.17) is 32.7 Å². The van der Waals surface area contributed by atoms with Crippen molar-refractivity contribution in [2.24, 2.45) is 0 Å². The normalized spacial score (nSPS) is 16.7. The van der Waals surface area contributed by atoms with Crippen molar-refractivity contribution in [2.75, 3.05) is 19.8 Å². The fraction of sp³-hybridized carbons (Fsp3) is 0.286. The molecule has 1 aliphatic rings. The monoisotopic (exact) mass is 499 g/mol. The summed E-state index contributed by atoms with van der Waals surface area (Å²) >= 11 is 11.5. The van der Waals surface area contributed by atoms with Crippen molar-refractivity contribution in [2.45, 2.75) is 18.6 Å². The fourth-order valence-electron chi connectivity index (χ4n) is 2.93. The SMILES string of the molecule is O=C(CNC(=O)COc1ccc(Cl)c(F)c1)NCNC(=O)[C@H]1C[C@@H](O)c2cc(Cl)ccc2O1. The van der Waals surface area contributed by atoms with Crippen molar-refractivity contribution >= 4 is 40.9 Å². The number of fused-ring (bicyclic) bond motifs is 1. The highest BCUT2D eigenvalue weighted by molar-refractivity contribution is 6.31. The molecule has 1 aliphatic heterocycles. The van der Waals surface area contributed by atoms with Crippen molar-refractivity contribution in [1.82, 2.24) is 16.0 Å². The number of carbonyl (C=O) groups excluding carboxylic acids is 3. The fourth-order valence-corrected chi connectivity index (χ4v) is 3.23. The molecule has 0 unspecified atom stereocenters. The standard InChI is InChI=1S/C21H20Cl2FN3O6/c22-11-1-4-17-13(5-11)16(28)7-18(33-17)21(31)27-10-26-19(29)8-25-20(30)9-32-12-2-3-14(23)15(24)6-12/h1-6,16,18,28H,7-10H2,(H,25,30)(H,26,29)(H,27,31)/t16-,18-/m1/s1. The molecule has 12 heteroatoms. The third-order valence-electron chi connectivity index (χ3n) is 4.59. The number of nitrogens with one attached hydrogen (secondary N) is 3. The molecule has 33 heavy (non-hydrogen) atoms. The number of benzene rings is 2. The maximum Gasteiger partial charge on any atom is 0.262 e. The molecule has 1 heterocycles. The summed E-state index contributed by atoms with van der Waals surface area (Å²) < 4.78 is 24.0. The molecular formula is C21H20Cl2FN3O6. The van der Waals surface area contributed by atoms with E-state index in [1.807, 2.05) is 0 Å². The Bertz CT molecular complexity index is 1050. The van der Waals surface area contributed by atoms with E-state index >= 15 is 0 Å². The highest BCUT2D eigenvalue weighted by atomic mass is 35.5. The van der Waals surface area contributed by atoms with E-state index in [1.54, 1.807) is 18.2 Å². The van der Waals surface area contributed by atoms with Crippen LogP contribution in [0.4, 0.5) is 4.39 Å². The van der Waals surface area contributed by atoms with Gasteiger partial charge in [-0.1, -0.05) is 23.2 Å². The molecule has 0 spiro atoms. The highest BCUT2D eigenvalue weighted by Gasteiger charge is 2.31. The molecule has 176 valence electrons. The van der Waals surface area contributed by atoms with Gasteiger partial charge in [0.2, 0.25) is 5.91 Å². The molecule has 2 atom stereocenters. The lowest BCUT2D eigenvalue weighted by Crippen LogP contribution is -2.47. The van der Waals surface area contributed by atoms with Crippen molar-refractivity contribution in [3.8, 4) is 11.5 Å². The lowest BCUT2D eigenvalue weighted by atomic mass is 9.99. The van der Waals surface area contributed by atoms with Gasteiger partial charge >= 0.3 is 0 Å². The number of ether oxygens (including phenoxy) is 2. The van der Waals surface area contributed by atoms with Crippen LogP contribution < -0.4 is 25.4 Å². The van der Waals surface area contributed by atoms with Crippen molar-refractivity contribution in [3.63, 3.8) is 0 Å².